The van der Waals surface area contributed by atoms with Crippen molar-refractivity contribution < 1.29 is 22.5 Å². The van der Waals surface area contributed by atoms with E-state index in [0.29, 0.717) is 24.4 Å². The molecule has 4 rings (SSSR count). The fraction of sp³-hybridized carbons (Fsp3) is 0.316. The number of sulfonamides is 1. The summed E-state index contributed by atoms with van der Waals surface area (Å²) in [4.78, 5) is 18.2. The van der Waals surface area contributed by atoms with Gasteiger partial charge in [0.05, 0.1) is 7.11 Å². The molecular weight excluding hydrogens is 428 g/mol. The van der Waals surface area contributed by atoms with Crippen molar-refractivity contribution in [2.45, 2.75) is 23.6 Å². The number of aromatic nitrogens is 2. The van der Waals surface area contributed by atoms with E-state index in [0.717, 1.165) is 29.7 Å². The van der Waals surface area contributed by atoms with Gasteiger partial charge in [0.2, 0.25) is 15.8 Å². The lowest BCUT2D eigenvalue weighted by atomic mass is 10.2. The number of hydrogen-bond donors (Lipinski definition) is 1. The number of methoxy groups -OCH3 is 1. The van der Waals surface area contributed by atoms with E-state index >= 15 is 0 Å². The Hall–Kier alpha value is -2.76. The van der Waals surface area contributed by atoms with E-state index < -0.39 is 10.0 Å². The molecule has 0 spiro atoms. The molecule has 1 N–H and O–H groups in total. The van der Waals surface area contributed by atoms with Crippen LogP contribution in [0.3, 0.4) is 0 Å². The van der Waals surface area contributed by atoms with Crippen molar-refractivity contribution in [3.63, 3.8) is 0 Å². The van der Waals surface area contributed by atoms with Crippen LogP contribution in [0.15, 0.2) is 44.4 Å². The number of thiophene rings is 1. The predicted octanol–water partition coefficient (Wildman–Crippen LogP) is 2.52. The molecule has 1 aromatic carbocycles. The maximum Gasteiger partial charge on any atom is 0.316 e. The standard InChI is InChI=1S/C19H20N4O5S2/c1-27-15-6-4-5-13(9-15)11-20-30(25,26)16-10-14(12-29-16)17-21-18(28-22-17)19(24)23-7-2-3-8-23/h4-6,9-10,12,20H,2-3,7-8,11H2,1H3. The highest BCUT2D eigenvalue weighted by Crippen LogP contribution is 2.27. The van der Waals surface area contributed by atoms with Crippen LogP contribution in [-0.2, 0) is 16.6 Å². The zero-order valence-corrected chi connectivity index (χ0v) is 17.8. The van der Waals surface area contributed by atoms with Gasteiger partial charge in [0, 0.05) is 30.6 Å². The van der Waals surface area contributed by atoms with Gasteiger partial charge >= 0.3 is 11.8 Å². The summed E-state index contributed by atoms with van der Waals surface area (Å²) in [5.74, 6) is 0.456. The average Bonchev–Trinajstić information content (AvgIpc) is 3.52. The summed E-state index contributed by atoms with van der Waals surface area (Å²) in [6.07, 6.45) is 1.92. The molecule has 3 heterocycles. The lowest BCUT2D eigenvalue weighted by molar-refractivity contribution is 0.0743. The van der Waals surface area contributed by atoms with Crippen LogP contribution in [-0.4, -0.2) is 49.6 Å². The van der Waals surface area contributed by atoms with Crippen LogP contribution in [0.1, 0.15) is 29.1 Å². The van der Waals surface area contributed by atoms with Crippen molar-refractivity contribution in [3.8, 4) is 17.1 Å². The van der Waals surface area contributed by atoms with Crippen LogP contribution in [0.25, 0.3) is 11.4 Å². The molecule has 0 bridgehead atoms. The molecule has 0 radical (unpaired) electrons. The van der Waals surface area contributed by atoms with E-state index in [-0.39, 0.29) is 28.4 Å². The third kappa shape index (κ3) is 4.37. The van der Waals surface area contributed by atoms with Gasteiger partial charge in [0.15, 0.2) is 0 Å². The number of benzene rings is 1. The quantitative estimate of drug-likeness (QED) is 0.591. The van der Waals surface area contributed by atoms with Gasteiger partial charge in [-0.3, -0.25) is 4.79 Å². The molecule has 9 nitrogen and oxygen atoms in total. The van der Waals surface area contributed by atoms with Crippen molar-refractivity contribution in [2.75, 3.05) is 20.2 Å². The first-order valence-corrected chi connectivity index (χ1v) is 11.7. The maximum atomic E-state index is 12.6. The Labute approximate surface area is 177 Å². The van der Waals surface area contributed by atoms with Gasteiger partial charge in [0.1, 0.15) is 9.96 Å². The second-order valence-electron chi connectivity index (χ2n) is 6.75. The van der Waals surface area contributed by atoms with Crippen LogP contribution >= 0.6 is 11.3 Å². The molecule has 30 heavy (non-hydrogen) atoms. The minimum atomic E-state index is -3.72. The van der Waals surface area contributed by atoms with Crippen LogP contribution in [0.2, 0.25) is 0 Å². The average molecular weight is 449 g/mol. The molecule has 1 amide bonds. The van der Waals surface area contributed by atoms with Gasteiger partial charge in [-0.05, 0) is 36.6 Å². The first-order valence-electron chi connectivity index (χ1n) is 9.31. The highest BCUT2D eigenvalue weighted by atomic mass is 32.2. The molecule has 11 heteroatoms. The molecular formula is C19H20N4O5S2. The smallest absolute Gasteiger partial charge is 0.316 e. The number of likely N-dealkylation sites (tertiary alicyclic amines) is 1. The maximum absolute atomic E-state index is 12.6. The number of nitrogens with one attached hydrogen (secondary N) is 1. The number of carbonyl (C=O) groups is 1. The molecule has 1 aliphatic heterocycles. The minimum absolute atomic E-state index is 0.0846. The van der Waals surface area contributed by atoms with Crippen LogP contribution in [0, 0.1) is 0 Å². The molecule has 1 saturated heterocycles. The molecule has 0 aliphatic carbocycles. The number of carbonyl (C=O) groups excluding carboxylic acids is 1. The van der Waals surface area contributed by atoms with Crippen molar-refractivity contribution in [1.82, 2.24) is 19.8 Å². The minimum Gasteiger partial charge on any atom is -0.497 e. The van der Waals surface area contributed by atoms with Crippen LogP contribution in [0.5, 0.6) is 5.75 Å². The van der Waals surface area contributed by atoms with E-state index in [4.69, 9.17) is 9.26 Å². The van der Waals surface area contributed by atoms with E-state index in [9.17, 15) is 13.2 Å². The number of nitrogens with zero attached hydrogens (tertiary/aromatic N) is 3. The van der Waals surface area contributed by atoms with Crippen molar-refractivity contribution in [2.24, 2.45) is 0 Å². The molecule has 0 saturated carbocycles. The van der Waals surface area contributed by atoms with Gasteiger partial charge in [-0.15, -0.1) is 11.3 Å². The summed E-state index contributed by atoms with van der Waals surface area (Å²) in [7, 11) is -2.17. The zero-order valence-electron chi connectivity index (χ0n) is 16.2. The summed E-state index contributed by atoms with van der Waals surface area (Å²) in [5, 5.41) is 5.45. The molecule has 2 aromatic heterocycles. The van der Waals surface area contributed by atoms with Gasteiger partial charge in [-0.1, -0.05) is 17.3 Å². The van der Waals surface area contributed by atoms with E-state index in [1.54, 1.807) is 35.6 Å². The SMILES string of the molecule is COc1cccc(CNS(=O)(=O)c2cc(-c3noc(C(=O)N4CCCC4)n3)cs2)c1. The third-order valence-electron chi connectivity index (χ3n) is 4.70. The predicted molar refractivity (Wildman–Crippen MR) is 110 cm³/mol. The third-order valence-corrected chi connectivity index (χ3v) is 7.54. The lowest BCUT2D eigenvalue weighted by Gasteiger charge is -2.10. The van der Waals surface area contributed by atoms with Crippen LogP contribution in [0.4, 0.5) is 0 Å². The van der Waals surface area contributed by atoms with Gasteiger partial charge < -0.3 is 14.2 Å². The Morgan fingerprint density at radius 3 is 2.87 bits per heavy atom. The Kier molecular flexibility index (Phi) is 5.84. The molecule has 0 atom stereocenters. The highest BCUT2D eigenvalue weighted by Gasteiger charge is 2.26. The second kappa shape index (κ2) is 8.54. The number of rotatable bonds is 7. The number of ether oxygens (including phenoxy) is 1. The fourth-order valence-electron chi connectivity index (χ4n) is 3.09. The summed E-state index contributed by atoms with van der Waals surface area (Å²) in [6, 6.07) is 8.62. The van der Waals surface area contributed by atoms with Crippen LogP contribution < -0.4 is 9.46 Å². The first-order chi connectivity index (χ1) is 14.5. The number of amides is 1. The van der Waals surface area contributed by atoms with E-state index in [2.05, 4.69) is 14.9 Å². The normalized spacial score (nSPS) is 14.2. The van der Waals surface area contributed by atoms with E-state index in [1.165, 1.54) is 6.07 Å². The molecule has 1 fully saturated rings. The van der Waals surface area contributed by atoms with Gasteiger partial charge in [0.25, 0.3) is 0 Å². The van der Waals surface area contributed by atoms with Crippen molar-refractivity contribution >= 4 is 27.3 Å². The summed E-state index contributed by atoms with van der Waals surface area (Å²) in [5.41, 5.74) is 1.25. The summed E-state index contributed by atoms with van der Waals surface area (Å²) in [6.45, 7) is 1.48. The highest BCUT2D eigenvalue weighted by molar-refractivity contribution is 7.91. The van der Waals surface area contributed by atoms with Gasteiger partial charge in [-0.2, -0.15) is 4.98 Å². The molecule has 0 unspecified atom stereocenters. The molecule has 158 valence electrons. The monoisotopic (exact) mass is 448 g/mol. The summed E-state index contributed by atoms with van der Waals surface area (Å²) >= 11 is 1.04. The van der Waals surface area contributed by atoms with Crippen molar-refractivity contribution in [1.29, 1.82) is 0 Å². The largest absolute Gasteiger partial charge is 0.497 e. The summed E-state index contributed by atoms with van der Waals surface area (Å²) < 4.78 is 38.2. The zero-order chi connectivity index (χ0) is 21.1. The second-order valence-corrected chi connectivity index (χ2v) is 9.66. The Bertz CT molecular complexity index is 1150. The Morgan fingerprint density at radius 2 is 2.10 bits per heavy atom. The Morgan fingerprint density at radius 1 is 1.30 bits per heavy atom. The molecule has 1 aliphatic rings. The first kappa shape index (κ1) is 20.5. The topological polar surface area (TPSA) is 115 Å². The fourth-order valence-corrected chi connectivity index (χ4v) is 5.31. The van der Waals surface area contributed by atoms with Crippen molar-refractivity contribution in [3.05, 3.63) is 47.2 Å². The van der Waals surface area contributed by atoms with E-state index in [1.807, 2.05) is 6.07 Å². The Balaban J connectivity index is 1.46. The number of hydrogen-bond acceptors (Lipinski definition) is 8. The molecule has 3 aromatic rings. The van der Waals surface area contributed by atoms with Gasteiger partial charge in [-0.25, -0.2) is 13.1 Å². The lowest BCUT2D eigenvalue weighted by Crippen LogP contribution is -2.27.